The minimum atomic E-state index is -0.193. The maximum Gasteiger partial charge on any atom is 0.319 e. The molecule has 156 valence electrons. The topological polar surface area (TPSA) is 93.4 Å². The third-order valence-corrected chi connectivity index (χ3v) is 6.04. The highest BCUT2D eigenvalue weighted by Crippen LogP contribution is 2.26. The van der Waals surface area contributed by atoms with E-state index in [0.717, 1.165) is 50.0 Å². The van der Waals surface area contributed by atoms with Crippen LogP contribution in [0.3, 0.4) is 0 Å². The zero-order valence-corrected chi connectivity index (χ0v) is 17.0. The van der Waals surface area contributed by atoms with Gasteiger partial charge in [-0.25, -0.2) is 9.78 Å². The number of carbonyl (C=O) groups is 2. The Balaban J connectivity index is 1.46. The number of fused-ring (bicyclic) bond motifs is 1. The van der Waals surface area contributed by atoms with Crippen molar-refractivity contribution in [3.63, 3.8) is 0 Å². The van der Waals surface area contributed by atoms with Crippen molar-refractivity contribution in [2.24, 2.45) is 0 Å². The molecule has 3 heterocycles. The molecular weight excluding hydrogens is 368 g/mol. The fourth-order valence-corrected chi connectivity index (χ4v) is 4.29. The van der Waals surface area contributed by atoms with Gasteiger partial charge < -0.3 is 25.4 Å². The molecule has 0 aromatic carbocycles. The van der Waals surface area contributed by atoms with Gasteiger partial charge in [-0.2, -0.15) is 0 Å². The largest absolute Gasteiger partial charge is 0.346 e. The molecule has 2 fully saturated rings. The lowest BCUT2D eigenvalue weighted by atomic mass is 9.96. The third-order valence-electron chi connectivity index (χ3n) is 6.04. The number of amides is 3. The quantitative estimate of drug-likeness (QED) is 0.737. The van der Waals surface area contributed by atoms with Crippen LogP contribution in [0.25, 0.3) is 11.0 Å². The Bertz CT molecular complexity index is 865. The number of piperazine rings is 1. The van der Waals surface area contributed by atoms with Crippen molar-refractivity contribution in [1.29, 1.82) is 0 Å². The van der Waals surface area contributed by atoms with Gasteiger partial charge in [-0.3, -0.25) is 4.79 Å². The Labute approximate surface area is 171 Å². The first-order chi connectivity index (χ1) is 14.1. The number of rotatable bonds is 4. The number of hydrogen-bond acceptors (Lipinski definition) is 4. The van der Waals surface area contributed by atoms with E-state index in [1.165, 1.54) is 19.3 Å². The minimum absolute atomic E-state index is 0.112. The van der Waals surface area contributed by atoms with Crippen molar-refractivity contribution in [3.05, 3.63) is 24.0 Å². The highest BCUT2D eigenvalue weighted by Gasteiger charge is 2.22. The van der Waals surface area contributed by atoms with Gasteiger partial charge in [0, 0.05) is 50.0 Å². The van der Waals surface area contributed by atoms with Gasteiger partial charge in [0.2, 0.25) is 5.91 Å². The standard InChI is InChI=1S/C21H30N6O2/c1-26-9-11-27(12-10-26)18(28)13-15-14-23-20-19(15)17(7-8-22-20)25-21(29)24-16-5-3-2-4-6-16/h7-8,14,16H,2-6,9-13H2,1H3,(H3,22,23,24,25,29). The average molecular weight is 399 g/mol. The first kappa shape index (κ1) is 19.7. The number of aromatic amines is 1. The number of anilines is 1. The minimum Gasteiger partial charge on any atom is -0.346 e. The molecule has 2 aliphatic rings. The number of urea groups is 1. The number of nitrogens with one attached hydrogen (secondary N) is 3. The van der Waals surface area contributed by atoms with E-state index in [9.17, 15) is 9.59 Å². The van der Waals surface area contributed by atoms with Crippen LogP contribution in [0, 0.1) is 0 Å². The van der Waals surface area contributed by atoms with Crippen LogP contribution in [0.4, 0.5) is 10.5 Å². The molecule has 1 aliphatic heterocycles. The second-order valence-electron chi connectivity index (χ2n) is 8.19. The average Bonchev–Trinajstić information content (AvgIpc) is 3.13. The molecule has 8 heteroatoms. The molecule has 2 aromatic rings. The summed E-state index contributed by atoms with van der Waals surface area (Å²) in [6.07, 6.45) is 9.45. The van der Waals surface area contributed by atoms with E-state index >= 15 is 0 Å². The summed E-state index contributed by atoms with van der Waals surface area (Å²) >= 11 is 0. The summed E-state index contributed by atoms with van der Waals surface area (Å²) < 4.78 is 0. The number of carbonyl (C=O) groups excluding carboxylic acids is 2. The lowest BCUT2D eigenvalue weighted by Crippen LogP contribution is -2.47. The molecule has 0 radical (unpaired) electrons. The van der Waals surface area contributed by atoms with Crippen LogP contribution in [0.15, 0.2) is 18.5 Å². The Hall–Kier alpha value is -2.61. The summed E-state index contributed by atoms with van der Waals surface area (Å²) in [5, 5.41) is 6.87. The fourth-order valence-electron chi connectivity index (χ4n) is 4.29. The van der Waals surface area contributed by atoms with Gasteiger partial charge in [-0.15, -0.1) is 0 Å². The first-order valence-electron chi connectivity index (χ1n) is 10.6. The second kappa shape index (κ2) is 8.82. The van der Waals surface area contributed by atoms with Gasteiger partial charge >= 0.3 is 6.03 Å². The molecule has 8 nitrogen and oxygen atoms in total. The van der Waals surface area contributed by atoms with Crippen LogP contribution in [-0.2, 0) is 11.2 Å². The highest BCUT2D eigenvalue weighted by atomic mass is 16.2. The number of H-pyrrole nitrogens is 1. The van der Waals surface area contributed by atoms with Crippen molar-refractivity contribution in [3.8, 4) is 0 Å². The van der Waals surface area contributed by atoms with Gasteiger partial charge in [0.05, 0.1) is 12.1 Å². The van der Waals surface area contributed by atoms with Gasteiger partial charge in [-0.05, 0) is 31.5 Å². The fraction of sp³-hybridized carbons (Fsp3) is 0.571. The van der Waals surface area contributed by atoms with Crippen molar-refractivity contribution < 1.29 is 9.59 Å². The monoisotopic (exact) mass is 398 g/mol. The Morgan fingerprint density at radius 2 is 1.93 bits per heavy atom. The maximum absolute atomic E-state index is 12.8. The molecule has 3 amide bonds. The third kappa shape index (κ3) is 4.70. The zero-order chi connectivity index (χ0) is 20.2. The summed E-state index contributed by atoms with van der Waals surface area (Å²) in [4.78, 5) is 36.9. The molecule has 29 heavy (non-hydrogen) atoms. The number of pyridine rings is 1. The molecular formula is C21H30N6O2. The number of likely N-dealkylation sites (N-methyl/N-ethyl adjacent to an activating group) is 1. The molecule has 0 atom stereocenters. The van der Waals surface area contributed by atoms with Crippen LogP contribution in [0.5, 0.6) is 0 Å². The zero-order valence-electron chi connectivity index (χ0n) is 17.0. The van der Waals surface area contributed by atoms with E-state index in [2.05, 4.69) is 32.5 Å². The highest BCUT2D eigenvalue weighted by molar-refractivity contribution is 6.02. The summed E-state index contributed by atoms with van der Waals surface area (Å²) in [7, 11) is 2.07. The predicted octanol–water partition coefficient (Wildman–Crippen LogP) is 2.33. The Morgan fingerprint density at radius 1 is 1.17 bits per heavy atom. The van der Waals surface area contributed by atoms with E-state index < -0.39 is 0 Å². The number of nitrogens with zero attached hydrogens (tertiary/aromatic N) is 3. The van der Waals surface area contributed by atoms with Crippen LogP contribution in [-0.4, -0.2) is 71.0 Å². The summed E-state index contributed by atoms with van der Waals surface area (Å²) in [5.41, 5.74) is 2.23. The molecule has 3 N–H and O–H groups in total. The first-order valence-corrected chi connectivity index (χ1v) is 10.6. The normalized spacial score (nSPS) is 18.7. The molecule has 2 aromatic heterocycles. The lowest BCUT2D eigenvalue weighted by molar-refractivity contribution is -0.132. The molecule has 1 aliphatic carbocycles. The molecule has 0 bridgehead atoms. The molecule has 0 unspecified atom stereocenters. The van der Waals surface area contributed by atoms with E-state index in [0.29, 0.717) is 17.8 Å². The molecule has 1 saturated heterocycles. The van der Waals surface area contributed by atoms with Crippen molar-refractivity contribution in [1.82, 2.24) is 25.1 Å². The van der Waals surface area contributed by atoms with E-state index in [4.69, 9.17) is 0 Å². The van der Waals surface area contributed by atoms with Gasteiger partial charge in [0.15, 0.2) is 0 Å². The summed E-state index contributed by atoms with van der Waals surface area (Å²) in [6.45, 7) is 3.31. The van der Waals surface area contributed by atoms with Crippen molar-refractivity contribution in [2.75, 3.05) is 38.5 Å². The maximum atomic E-state index is 12.8. The number of hydrogen-bond donors (Lipinski definition) is 3. The molecule has 4 rings (SSSR count). The Morgan fingerprint density at radius 3 is 2.69 bits per heavy atom. The van der Waals surface area contributed by atoms with Crippen LogP contribution in [0.1, 0.15) is 37.7 Å². The Kier molecular flexibility index (Phi) is 5.99. The van der Waals surface area contributed by atoms with Gasteiger partial charge in [-0.1, -0.05) is 19.3 Å². The molecule has 0 spiro atoms. The molecule has 1 saturated carbocycles. The summed E-state index contributed by atoms with van der Waals surface area (Å²) in [6, 6.07) is 1.84. The van der Waals surface area contributed by atoms with Crippen molar-refractivity contribution in [2.45, 2.75) is 44.6 Å². The van der Waals surface area contributed by atoms with Crippen LogP contribution < -0.4 is 10.6 Å². The van der Waals surface area contributed by atoms with Gasteiger partial charge in [0.25, 0.3) is 0 Å². The van der Waals surface area contributed by atoms with E-state index in [-0.39, 0.29) is 18.0 Å². The summed E-state index contributed by atoms with van der Waals surface area (Å²) in [5.74, 6) is 0.112. The van der Waals surface area contributed by atoms with Crippen LogP contribution in [0.2, 0.25) is 0 Å². The van der Waals surface area contributed by atoms with Gasteiger partial charge in [0.1, 0.15) is 5.65 Å². The predicted molar refractivity (Wildman–Crippen MR) is 113 cm³/mol. The van der Waals surface area contributed by atoms with E-state index in [1.54, 1.807) is 12.3 Å². The van der Waals surface area contributed by atoms with E-state index in [1.807, 2.05) is 11.1 Å². The smallest absolute Gasteiger partial charge is 0.319 e. The lowest BCUT2D eigenvalue weighted by Gasteiger charge is -2.32. The van der Waals surface area contributed by atoms with Crippen LogP contribution >= 0.6 is 0 Å². The SMILES string of the molecule is CN1CCN(C(=O)Cc2c[nH]c3nccc(NC(=O)NC4CCCCC4)c23)CC1. The second-order valence-corrected chi connectivity index (χ2v) is 8.19. The van der Waals surface area contributed by atoms with Crippen molar-refractivity contribution >= 4 is 28.7 Å². The number of aromatic nitrogens is 2.